The van der Waals surface area contributed by atoms with E-state index in [0.29, 0.717) is 6.54 Å². The molecule has 1 saturated heterocycles. The molecule has 0 spiro atoms. The van der Waals surface area contributed by atoms with Crippen LogP contribution in [-0.2, 0) is 11.2 Å². The third kappa shape index (κ3) is 6.01. The Balaban J connectivity index is 1.60. The van der Waals surface area contributed by atoms with Gasteiger partial charge in [0.2, 0.25) is 5.91 Å². The third-order valence-electron chi connectivity index (χ3n) is 5.04. The fraction of sp³-hybridized carbons (Fsp3) is 0.455. The molecule has 1 aliphatic heterocycles. The SMILES string of the molecule is Cc1cccc(N2CCN(C(=NCC(=O)N(C)C)NCCc3ccco3)CC2)c1. The standard InChI is InChI=1S/C22H31N5O2/c1-18-6-4-7-19(16-18)26-11-13-27(14-12-26)22(24-17-21(28)25(2)3)23-10-9-20-8-5-15-29-20/h4-8,15-16H,9-14,17H2,1-3H3,(H,23,24). The van der Waals surface area contributed by atoms with Gasteiger partial charge in [0.1, 0.15) is 12.3 Å². The van der Waals surface area contributed by atoms with Crippen LogP contribution in [0.5, 0.6) is 0 Å². The summed E-state index contributed by atoms with van der Waals surface area (Å²) in [6, 6.07) is 12.5. The van der Waals surface area contributed by atoms with Crippen molar-refractivity contribution in [2.24, 2.45) is 4.99 Å². The van der Waals surface area contributed by atoms with Crippen LogP contribution in [0.4, 0.5) is 5.69 Å². The highest BCUT2D eigenvalue weighted by molar-refractivity contribution is 5.85. The molecule has 0 bridgehead atoms. The first-order valence-electron chi connectivity index (χ1n) is 10.1. The molecule has 2 aromatic rings. The molecular formula is C22H31N5O2. The van der Waals surface area contributed by atoms with Gasteiger partial charge in [0.15, 0.2) is 5.96 Å². The van der Waals surface area contributed by atoms with Crippen LogP contribution < -0.4 is 10.2 Å². The Bertz CT molecular complexity index is 808. The number of hydrogen-bond acceptors (Lipinski definition) is 4. The molecule has 1 N–H and O–H groups in total. The van der Waals surface area contributed by atoms with E-state index in [1.165, 1.54) is 11.3 Å². The number of hydrogen-bond donors (Lipinski definition) is 1. The molecule has 156 valence electrons. The van der Waals surface area contributed by atoms with Crippen molar-refractivity contribution in [3.63, 3.8) is 0 Å². The Kier molecular flexibility index (Phi) is 7.16. The van der Waals surface area contributed by atoms with E-state index in [4.69, 9.17) is 4.42 Å². The number of nitrogens with one attached hydrogen (secondary N) is 1. The Morgan fingerprint density at radius 1 is 1.17 bits per heavy atom. The molecule has 0 saturated carbocycles. The summed E-state index contributed by atoms with van der Waals surface area (Å²) >= 11 is 0. The van der Waals surface area contributed by atoms with Crippen LogP contribution in [0.1, 0.15) is 11.3 Å². The fourth-order valence-corrected chi connectivity index (χ4v) is 3.31. The van der Waals surface area contributed by atoms with Crippen molar-refractivity contribution in [1.82, 2.24) is 15.1 Å². The van der Waals surface area contributed by atoms with Gasteiger partial charge in [-0.2, -0.15) is 0 Å². The van der Waals surface area contributed by atoms with Crippen LogP contribution in [0.2, 0.25) is 0 Å². The van der Waals surface area contributed by atoms with Crippen LogP contribution in [0.15, 0.2) is 52.1 Å². The molecule has 1 amide bonds. The highest BCUT2D eigenvalue weighted by Crippen LogP contribution is 2.17. The molecule has 0 atom stereocenters. The topological polar surface area (TPSA) is 64.3 Å². The normalized spacial score (nSPS) is 14.8. The number of aliphatic imine (C=N–C) groups is 1. The minimum Gasteiger partial charge on any atom is -0.469 e. The van der Waals surface area contributed by atoms with Gasteiger partial charge in [0, 0.05) is 58.9 Å². The number of guanidine groups is 1. The van der Waals surface area contributed by atoms with E-state index in [0.717, 1.165) is 44.3 Å². The monoisotopic (exact) mass is 397 g/mol. The first-order valence-corrected chi connectivity index (χ1v) is 10.1. The molecule has 29 heavy (non-hydrogen) atoms. The molecular weight excluding hydrogens is 366 g/mol. The minimum atomic E-state index is -0.00580. The van der Waals surface area contributed by atoms with Gasteiger partial charge >= 0.3 is 0 Å². The van der Waals surface area contributed by atoms with Crippen molar-refractivity contribution in [3.05, 3.63) is 54.0 Å². The van der Waals surface area contributed by atoms with Gasteiger partial charge in [-0.1, -0.05) is 12.1 Å². The van der Waals surface area contributed by atoms with Crippen molar-refractivity contribution in [3.8, 4) is 0 Å². The Hall–Kier alpha value is -2.96. The highest BCUT2D eigenvalue weighted by atomic mass is 16.3. The lowest BCUT2D eigenvalue weighted by molar-refractivity contribution is -0.127. The zero-order chi connectivity index (χ0) is 20.6. The van der Waals surface area contributed by atoms with Crippen molar-refractivity contribution in [2.45, 2.75) is 13.3 Å². The van der Waals surface area contributed by atoms with Crippen molar-refractivity contribution in [1.29, 1.82) is 0 Å². The summed E-state index contributed by atoms with van der Waals surface area (Å²) in [6.45, 7) is 6.53. The van der Waals surface area contributed by atoms with Crippen LogP contribution in [0, 0.1) is 6.92 Å². The molecule has 7 nitrogen and oxygen atoms in total. The predicted octanol–water partition coefficient (Wildman–Crippen LogP) is 1.99. The van der Waals surface area contributed by atoms with E-state index in [1.807, 2.05) is 12.1 Å². The van der Waals surface area contributed by atoms with Crippen LogP contribution >= 0.6 is 0 Å². The summed E-state index contributed by atoms with van der Waals surface area (Å²) in [4.78, 5) is 22.8. The lowest BCUT2D eigenvalue weighted by Gasteiger charge is -2.38. The Labute approximate surface area is 173 Å². The van der Waals surface area contributed by atoms with E-state index in [1.54, 1.807) is 25.3 Å². The number of carbonyl (C=O) groups excluding carboxylic acids is 1. The molecule has 0 aliphatic carbocycles. The average molecular weight is 398 g/mol. The van der Waals surface area contributed by atoms with Crippen LogP contribution in [0.25, 0.3) is 0 Å². The van der Waals surface area contributed by atoms with Crippen molar-refractivity contribution in [2.75, 3.05) is 58.3 Å². The molecule has 3 rings (SSSR count). The van der Waals surface area contributed by atoms with Gasteiger partial charge < -0.3 is 24.4 Å². The summed E-state index contributed by atoms with van der Waals surface area (Å²) in [5.41, 5.74) is 2.53. The van der Waals surface area contributed by atoms with Gasteiger partial charge in [-0.15, -0.1) is 0 Å². The van der Waals surface area contributed by atoms with Gasteiger partial charge in [-0.3, -0.25) is 4.79 Å². The molecule has 1 fully saturated rings. The number of aryl methyl sites for hydroxylation is 1. The molecule has 1 aliphatic rings. The lowest BCUT2D eigenvalue weighted by atomic mass is 10.2. The van der Waals surface area contributed by atoms with E-state index in [-0.39, 0.29) is 12.5 Å². The van der Waals surface area contributed by atoms with E-state index >= 15 is 0 Å². The van der Waals surface area contributed by atoms with E-state index < -0.39 is 0 Å². The number of carbonyl (C=O) groups is 1. The number of benzene rings is 1. The predicted molar refractivity (Wildman–Crippen MR) is 116 cm³/mol. The van der Waals surface area contributed by atoms with Crippen LogP contribution in [-0.4, -0.2) is 75.0 Å². The van der Waals surface area contributed by atoms with Gasteiger partial charge in [-0.25, -0.2) is 4.99 Å². The molecule has 0 unspecified atom stereocenters. The number of furan rings is 1. The Morgan fingerprint density at radius 2 is 1.97 bits per heavy atom. The molecule has 1 aromatic carbocycles. The summed E-state index contributed by atoms with van der Waals surface area (Å²) < 4.78 is 5.40. The van der Waals surface area contributed by atoms with Crippen molar-refractivity contribution < 1.29 is 9.21 Å². The van der Waals surface area contributed by atoms with Gasteiger partial charge in [0.25, 0.3) is 0 Å². The zero-order valence-corrected chi connectivity index (χ0v) is 17.6. The van der Waals surface area contributed by atoms with Crippen molar-refractivity contribution >= 4 is 17.6 Å². The summed E-state index contributed by atoms with van der Waals surface area (Å²) in [5, 5.41) is 3.41. The smallest absolute Gasteiger partial charge is 0.243 e. The molecule has 1 aromatic heterocycles. The number of nitrogens with zero attached hydrogens (tertiary/aromatic N) is 4. The molecule has 0 radical (unpaired) electrons. The number of rotatable bonds is 6. The maximum Gasteiger partial charge on any atom is 0.243 e. The molecule has 2 heterocycles. The zero-order valence-electron chi connectivity index (χ0n) is 17.6. The van der Waals surface area contributed by atoms with Gasteiger partial charge in [-0.05, 0) is 36.8 Å². The second-order valence-electron chi connectivity index (χ2n) is 7.50. The fourth-order valence-electron chi connectivity index (χ4n) is 3.31. The second kappa shape index (κ2) is 10.0. The van der Waals surface area contributed by atoms with Crippen LogP contribution in [0.3, 0.4) is 0 Å². The highest BCUT2D eigenvalue weighted by Gasteiger charge is 2.20. The quantitative estimate of drug-likeness (QED) is 0.597. The summed E-state index contributed by atoms with van der Waals surface area (Å²) in [5.74, 6) is 1.72. The summed E-state index contributed by atoms with van der Waals surface area (Å²) in [6.07, 6.45) is 2.46. The third-order valence-corrected chi connectivity index (χ3v) is 5.04. The molecule has 7 heteroatoms. The number of likely N-dealkylation sites (N-methyl/N-ethyl adjacent to an activating group) is 1. The maximum atomic E-state index is 12.0. The Morgan fingerprint density at radius 3 is 2.62 bits per heavy atom. The van der Waals surface area contributed by atoms with E-state index in [9.17, 15) is 4.79 Å². The summed E-state index contributed by atoms with van der Waals surface area (Å²) in [7, 11) is 3.50. The first-order chi connectivity index (χ1) is 14.0. The first kappa shape index (κ1) is 20.8. The average Bonchev–Trinajstić information content (AvgIpc) is 3.24. The minimum absolute atomic E-state index is 0.00580. The number of amides is 1. The van der Waals surface area contributed by atoms with Gasteiger partial charge in [0.05, 0.1) is 6.26 Å². The number of piperazine rings is 1. The second-order valence-corrected chi connectivity index (χ2v) is 7.50. The number of anilines is 1. The maximum absolute atomic E-state index is 12.0. The largest absolute Gasteiger partial charge is 0.469 e. The van der Waals surface area contributed by atoms with E-state index in [2.05, 4.69) is 51.3 Å². The lowest BCUT2D eigenvalue weighted by Crippen LogP contribution is -2.53.